The van der Waals surface area contributed by atoms with Crippen LogP contribution in [-0.2, 0) is 47.7 Å². The van der Waals surface area contributed by atoms with Crippen LogP contribution in [0.4, 0.5) is 0 Å². The lowest BCUT2D eigenvalue weighted by Gasteiger charge is -2.45. The van der Waals surface area contributed by atoms with Crippen LogP contribution in [0.25, 0.3) is 0 Å². The van der Waals surface area contributed by atoms with E-state index in [0.717, 1.165) is 17.6 Å². The monoisotopic (exact) mass is 1060 g/mol. The number of ether oxygens (including phenoxy) is 7. The molecule has 4 aliphatic rings. The molecule has 2 saturated heterocycles. The molecule has 1 saturated carbocycles. The van der Waals surface area contributed by atoms with Crippen molar-refractivity contribution >= 4 is 29.2 Å². The summed E-state index contributed by atoms with van der Waals surface area (Å²) >= 11 is 0. The summed E-state index contributed by atoms with van der Waals surface area (Å²) in [6, 6.07) is 4.37. The third kappa shape index (κ3) is 15.8. The van der Waals surface area contributed by atoms with Gasteiger partial charge in [0.2, 0.25) is 5.79 Å². The van der Waals surface area contributed by atoms with Gasteiger partial charge < -0.3 is 53.4 Å². The topological polar surface area (TPSA) is 214 Å². The minimum absolute atomic E-state index is 0.0185. The zero-order chi connectivity index (χ0) is 55.9. The number of nitrogens with zero attached hydrogens (tertiary/aromatic N) is 1. The van der Waals surface area contributed by atoms with Crippen molar-refractivity contribution in [2.45, 2.75) is 180 Å². The Morgan fingerprint density at radius 2 is 1.61 bits per heavy atom. The van der Waals surface area contributed by atoms with Gasteiger partial charge >= 0.3 is 5.97 Å². The van der Waals surface area contributed by atoms with Crippen LogP contribution in [0, 0.1) is 35.5 Å². The molecule has 16 heteroatoms. The Labute approximate surface area is 451 Å². The number of Topliss-reactive ketones (excluding diaryl/α,β-unsaturated/α-hetero) is 3. The average Bonchev–Trinajstić information content (AvgIpc) is 3.41. The van der Waals surface area contributed by atoms with Crippen molar-refractivity contribution < 1.29 is 72.5 Å². The second-order valence-electron chi connectivity index (χ2n) is 22.1. The number of rotatable bonds is 11. The van der Waals surface area contributed by atoms with Gasteiger partial charge in [-0.05, 0) is 114 Å². The highest BCUT2D eigenvalue weighted by Crippen LogP contribution is 2.44. The lowest BCUT2D eigenvalue weighted by atomic mass is 9.78. The minimum atomic E-state index is -1.97. The zero-order valence-electron chi connectivity index (χ0n) is 47.1. The number of aliphatic hydroxyl groups excluding tert-OH is 3. The molecule has 0 unspecified atom stereocenters. The molecule has 3 aliphatic heterocycles. The van der Waals surface area contributed by atoms with Gasteiger partial charge in [0.1, 0.15) is 48.2 Å². The van der Waals surface area contributed by atoms with Gasteiger partial charge in [0, 0.05) is 69.6 Å². The first-order valence-electron chi connectivity index (χ1n) is 27.6. The van der Waals surface area contributed by atoms with Gasteiger partial charge in [-0.2, -0.15) is 0 Å². The fraction of sp³-hybridized carbons (Fsp3) is 0.683. The number of benzene rings is 1. The molecule has 1 aromatic rings. The summed E-state index contributed by atoms with van der Waals surface area (Å²) in [6.45, 7) is 13.0. The van der Waals surface area contributed by atoms with Gasteiger partial charge in [-0.25, -0.2) is 4.79 Å². The number of ketones is 3. The Kier molecular flexibility index (Phi) is 24.1. The third-order valence-corrected chi connectivity index (χ3v) is 16.5. The van der Waals surface area contributed by atoms with Crippen LogP contribution < -0.4 is 9.47 Å². The molecule has 0 radical (unpaired) electrons. The Morgan fingerprint density at radius 3 is 2.29 bits per heavy atom. The van der Waals surface area contributed by atoms with Crippen molar-refractivity contribution in [1.29, 1.82) is 0 Å². The van der Waals surface area contributed by atoms with E-state index >= 15 is 0 Å². The molecule has 0 aromatic heterocycles. The van der Waals surface area contributed by atoms with Crippen molar-refractivity contribution in [2.24, 2.45) is 35.5 Å². The number of carbonyl (C=O) groups is 5. The van der Waals surface area contributed by atoms with Crippen LogP contribution in [-0.4, -0.2) is 146 Å². The highest BCUT2D eigenvalue weighted by Gasteiger charge is 2.55. The number of hydrogen-bond donors (Lipinski definition) is 3. The van der Waals surface area contributed by atoms with Gasteiger partial charge in [0.05, 0.1) is 32.0 Å². The number of allylic oxidation sites excluding steroid dienone is 7. The molecule has 15 atom stereocenters. The average molecular weight is 1060 g/mol. The molecule has 3 fully saturated rings. The van der Waals surface area contributed by atoms with E-state index in [1.807, 2.05) is 77.1 Å². The second kappa shape index (κ2) is 29.4. The smallest absolute Gasteiger partial charge is 0.329 e. The van der Waals surface area contributed by atoms with E-state index in [1.165, 1.54) is 19.1 Å². The maximum atomic E-state index is 15.0. The number of amides is 1. The van der Waals surface area contributed by atoms with E-state index in [9.17, 15) is 39.3 Å². The first kappa shape index (κ1) is 62.3. The number of cyclic esters (lactones) is 1. The largest absolute Gasteiger partial charge is 0.496 e. The number of aliphatic hydroxyl groups is 3. The van der Waals surface area contributed by atoms with E-state index in [2.05, 4.69) is 0 Å². The SMILES string of the molecule is COc1cc(OCCO)ccc1[C@@H]1C[C@@H]2CC[C@@H](C)[C@@](OC)(O2)C(=O)C(=O)N2CCCC[C@H]2C(=O)O[C@H]([C@H](C)C[C@@H]2CC[C@@H](O)[C@H](OC)C2)CC(=O)[C@H](C)/C=C(\C)[C@@H](O)[C@@H](OC)C(=O)[C@H](C)C[C@H](C)/C=C/C=CC=C1C. The van der Waals surface area contributed by atoms with E-state index < -0.39 is 77.8 Å². The predicted molar refractivity (Wildman–Crippen MR) is 287 cm³/mol. The van der Waals surface area contributed by atoms with Gasteiger partial charge in [-0.3, -0.25) is 19.2 Å². The summed E-state index contributed by atoms with van der Waals surface area (Å²) in [6.07, 6.45) is 11.9. The number of carbonyl (C=O) groups excluding carboxylic acids is 5. The molecule has 0 spiro atoms. The summed E-state index contributed by atoms with van der Waals surface area (Å²) in [7, 11) is 5.89. The van der Waals surface area contributed by atoms with Crippen molar-refractivity contribution in [3.05, 3.63) is 71.4 Å². The Hall–Kier alpha value is -4.55. The van der Waals surface area contributed by atoms with Gasteiger partial charge in [0.15, 0.2) is 5.78 Å². The highest BCUT2D eigenvalue weighted by atomic mass is 16.7. The Balaban J connectivity index is 1.56. The molecular formula is C60H89NO15. The van der Waals surface area contributed by atoms with Crippen LogP contribution in [0.5, 0.6) is 11.5 Å². The Bertz CT molecular complexity index is 2240. The standard InChI is InChI=1S/C60H89NO15/c1-36-17-13-12-14-18-37(2)47(46-24-23-44(74-28-27-62)34-52(46)70-8)33-45-22-20-42(7)60(73-11,76-45)57(67)58(68)61-26-16-15-19-48(61)59(69)75-51(39(4)31-43-21-25-49(63)53(32-43)71-9)35-50(64)38(3)30-41(6)55(66)56(72-10)54(65)40(5)29-36/h12-14,17-18,23-24,30,34,36,38-40,42-43,45,47-49,51,53,55-56,62-63,66H,15-16,19-22,25-29,31-33,35H2,1-11H3/b14-12?,17-13+,37-18?,41-30+/t36-,38-,39-,40-,42-,43+,45+,47-,48+,49-,51+,53-,55-,56+,60-/m1/s1. The summed E-state index contributed by atoms with van der Waals surface area (Å²) in [5.41, 5.74) is 2.15. The van der Waals surface area contributed by atoms with E-state index in [0.29, 0.717) is 74.9 Å². The molecule has 16 nitrogen and oxygen atoms in total. The third-order valence-electron chi connectivity index (χ3n) is 16.5. The van der Waals surface area contributed by atoms with Crippen LogP contribution in [0.1, 0.15) is 137 Å². The second-order valence-corrected chi connectivity index (χ2v) is 22.1. The number of esters is 1. The van der Waals surface area contributed by atoms with Crippen LogP contribution in [0.15, 0.2) is 65.8 Å². The van der Waals surface area contributed by atoms with Gasteiger partial charge in [-0.1, -0.05) is 82.7 Å². The molecule has 424 valence electrons. The minimum Gasteiger partial charge on any atom is -0.496 e. The quantitative estimate of drug-likeness (QED) is 0.109. The summed E-state index contributed by atoms with van der Waals surface area (Å²) in [4.78, 5) is 73.9. The lowest BCUT2D eigenvalue weighted by molar-refractivity contribution is -0.275. The molecule has 5 rings (SSSR count). The normalized spacial score (nSPS) is 35.1. The van der Waals surface area contributed by atoms with Crippen LogP contribution in [0.2, 0.25) is 0 Å². The number of fused-ring (bicyclic) bond motifs is 3. The van der Waals surface area contributed by atoms with Crippen LogP contribution in [0.3, 0.4) is 0 Å². The molecule has 3 heterocycles. The van der Waals surface area contributed by atoms with E-state index in [1.54, 1.807) is 40.2 Å². The van der Waals surface area contributed by atoms with Crippen molar-refractivity contribution in [1.82, 2.24) is 4.90 Å². The molecule has 3 N–H and O–H groups in total. The van der Waals surface area contributed by atoms with E-state index in [-0.39, 0.29) is 73.9 Å². The maximum absolute atomic E-state index is 15.0. The predicted octanol–water partition coefficient (Wildman–Crippen LogP) is 7.98. The van der Waals surface area contributed by atoms with Crippen LogP contribution >= 0.6 is 0 Å². The molecule has 1 amide bonds. The zero-order valence-corrected chi connectivity index (χ0v) is 47.1. The Morgan fingerprint density at radius 1 is 0.855 bits per heavy atom. The summed E-state index contributed by atoms with van der Waals surface area (Å²) < 4.78 is 42.1. The molecule has 2 bridgehead atoms. The number of hydrogen-bond acceptors (Lipinski definition) is 15. The summed E-state index contributed by atoms with van der Waals surface area (Å²) in [5, 5.41) is 31.6. The number of methoxy groups -OCH3 is 4. The first-order valence-corrected chi connectivity index (χ1v) is 27.6. The van der Waals surface area contributed by atoms with Crippen molar-refractivity contribution in [2.75, 3.05) is 48.2 Å². The first-order chi connectivity index (χ1) is 36.2. The molecular weight excluding hydrogens is 975 g/mol. The van der Waals surface area contributed by atoms with Crippen molar-refractivity contribution in [3.8, 4) is 11.5 Å². The maximum Gasteiger partial charge on any atom is 0.329 e. The fourth-order valence-corrected chi connectivity index (χ4v) is 11.8. The highest BCUT2D eigenvalue weighted by molar-refractivity contribution is 6.39. The molecule has 1 aromatic carbocycles. The summed E-state index contributed by atoms with van der Waals surface area (Å²) in [5.74, 6) is -6.33. The molecule has 1 aliphatic carbocycles. The lowest BCUT2D eigenvalue weighted by Crippen LogP contribution is -2.61. The van der Waals surface area contributed by atoms with Crippen molar-refractivity contribution in [3.63, 3.8) is 0 Å². The number of piperidine rings is 1. The molecule has 76 heavy (non-hydrogen) atoms. The van der Waals surface area contributed by atoms with Gasteiger partial charge in [-0.15, -0.1) is 0 Å². The fourth-order valence-electron chi connectivity index (χ4n) is 11.8. The van der Waals surface area contributed by atoms with Gasteiger partial charge in [0.25, 0.3) is 11.7 Å². The van der Waals surface area contributed by atoms with E-state index in [4.69, 9.17) is 33.2 Å².